The Hall–Kier alpha value is -0.910. The number of nitrogens with zero attached hydrogens (tertiary/aromatic N) is 3. The third kappa shape index (κ3) is 3.04. The van der Waals surface area contributed by atoms with Crippen molar-refractivity contribution in [2.45, 2.75) is 19.5 Å². The van der Waals surface area contributed by atoms with Crippen molar-refractivity contribution < 1.29 is 4.74 Å². The number of methoxy groups -OCH3 is 1. The molecule has 1 unspecified atom stereocenters. The van der Waals surface area contributed by atoms with Gasteiger partial charge in [-0.3, -0.25) is 4.90 Å². The van der Waals surface area contributed by atoms with Crippen molar-refractivity contribution in [1.29, 1.82) is 0 Å². The maximum absolute atomic E-state index is 5.84. The SMILES string of the molecule is CCn1cncc1C(CN)N(C)CCOC. The van der Waals surface area contributed by atoms with Crippen LogP contribution in [0.25, 0.3) is 0 Å². The van der Waals surface area contributed by atoms with Crippen molar-refractivity contribution in [3.05, 3.63) is 18.2 Å². The van der Waals surface area contributed by atoms with Gasteiger partial charge in [-0.15, -0.1) is 0 Å². The molecule has 5 heteroatoms. The molecular weight excluding hydrogens is 204 g/mol. The van der Waals surface area contributed by atoms with Crippen LogP contribution in [0.5, 0.6) is 0 Å². The van der Waals surface area contributed by atoms with E-state index in [2.05, 4.69) is 28.4 Å². The highest BCUT2D eigenvalue weighted by Gasteiger charge is 2.18. The Morgan fingerprint density at radius 1 is 1.62 bits per heavy atom. The molecule has 2 N–H and O–H groups in total. The predicted molar refractivity (Wildman–Crippen MR) is 64.2 cm³/mol. The van der Waals surface area contributed by atoms with Crippen LogP contribution in [-0.4, -0.2) is 48.3 Å². The molecule has 0 spiro atoms. The minimum Gasteiger partial charge on any atom is -0.383 e. The van der Waals surface area contributed by atoms with E-state index in [1.165, 1.54) is 5.69 Å². The summed E-state index contributed by atoms with van der Waals surface area (Å²) in [5, 5.41) is 0. The Balaban J connectivity index is 2.73. The monoisotopic (exact) mass is 226 g/mol. The van der Waals surface area contributed by atoms with Gasteiger partial charge in [0.15, 0.2) is 0 Å². The van der Waals surface area contributed by atoms with Crippen LogP contribution in [0.15, 0.2) is 12.5 Å². The van der Waals surface area contributed by atoms with Gasteiger partial charge in [-0.2, -0.15) is 0 Å². The van der Waals surface area contributed by atoms with E-state index in [1.54, 1.807) is 7.11 Å². The number of nitrogens with two attached hydrogens (primary N) is 1. The van der Waals surface area contributed by atoms with Crippen molar-refractivity contribution in [2.75, 3.05) is 33.9 Å². The maximum atomic E-state index is 5.84. The normalized spacial score (nSPS) is 13.3. The number of ether oxygens (including phenoxy) is 1. The second-order valence-electron chi connectivity index (χ2n) is 3.83. The number of imidazole rings is 1. The summed E-state index contributed by atoms with van der Waals surface area (Å²) in [5.74, 6) is 0. The summed E-state index contributed by atoms with van der Waals surface area (Å²) >= 11 is 0. The first kappa shape index (κ1) is 13.2. The lowest BCUT2D eigenvalue weighted by Crippen LogP contribution is -2.34. The molecule has 0 aliphatic rings. The molecule has 1 atom stereocenters. The number of aromatic nitrogens is 2. The Labute approximate surface area is 97.2 Å². The highest BCUT2D eigenvalue weighted by Crippen LogP contribution is 2.17. The van der Waals surface area contributed by atoms with E-state index in [-0.39, 0.29) is 6.04 Å². The van der Waals surface area contributed by atoms with Gasteiger partial charge in [0.1, 0.15) is 0 Å². The summed E-state index contributed by atoms with van der Waals surface area (Å²) in [6.45, 7) is 5.20. The number of rotatable bonds is 7. The van der Waals surface area contributed by atoms with Crippen molar-refractivity contribution in [2.24, 2.45) is 5.73 Å². The Bertz CT molecular complexity index is 300. The third-order valence-corrected chi connectivity index (χ3v) is 2.83. The van der Waals surface area contributed by atoms with Crippen molar-refractivity contribution >= 4 is 0 Å². The summed E-state index contributed by atoms with van der Waals surface area (Å²) in [5.41, 5.74) is 7.01. The van der Waals surface area contributed by atoms with Gasteiger partial charge < -0.3 is 15.0 Å². The zero-order valence-corrected chi connectivity index (χ0v) is 10.4. The van der Waals surface area contributed by atoms with E-state index in [1.807, 2.05) is 12.5 Å². The van der Waals surface area contributed by atoms with Gasteiger partial charge in [-0.1, -0.05) is 0 Å². The Kier molecular flexibility index (Phi) is 5.45. The molecule has 16 heavy (non-hydrogen) atoms. The van der Waals surface area contributed by atoms with E-state index in [0.717, 1.165) is 13.1 Å². The van der Waals surface area contributed by atoms with Crippen LogP contribution in [-0.2, 0) is 11.3 Å². The van der Waals surface area contributed by atoms with E-state index in [0.29, 0.717) is 13.2 Å². The number of hydrogen-bond acceptors (Lipinski definition) is 4. The van der Waals surface area contributed by atoms with E-state index in [4.69, 9.17) is 10.5 Å². The summed E-state index contributed by atoms with van der Waals surface area (Å²) in [7, 11) is 3.77. The van der Waals surface area contributed by atoms with Crippen LogP contribution in [0.1, 0.15) is 18.7 Å². The molecule has 0 amide bonds. The molecule has 0 radical (unpaired) electrons. The third-order valence-electron chi connectivity index (χ3n) is 2.83. The topological polar surface area (TPSA) is 56.3 Å². The molecule has 0 aromatic carbocycles. The fourth-order valence-corrected chi connectivity index (χ4v) is 1.79. The molecule has 92 valence electrons. The standard InChI is InChI=1S/C11H22N4O/c1-4-15-9-13-8-11(15)10(7-12)14(2)5-6-16-3/h8-10H,4-7,12H2,1-3H3. The molecule has 1 aromatic rings. The maximum Gasteiger partial charge on any atom is 0.0948 e. The lowest BCUT2D eigenvalue weighted by atomic mass is 10.2. The molecule has 1 heterocycles. The van der Waals surface area contributed by atoms with Crippen LogP contribution in [0.3, 0.4) is 0 Å². The molecule has 0 bridgehead atoms. The lowest BCUT2D eigenvalue weighted by molar-refractivity contribution is 0.138. The van der Waals surface area contributed by atoms with Gasteiger partial charge in [-0.05, 0) is 14.0 Å². The average molecular weight is 226 g/mol. The Morgan fingerprint density at radius 2 is 2.38 bits per heavy atom. The fraction of sp³-hybridized carbons (Fsp3) is 0.727. The molecule has 0 aliphatic heterocycles. The van der Waals surface area contributed by atoms with Gasteiger partial charge in [-0.25, -0.2) is 4.98 Å². The van der Waals surface area contributed by atoms with Crippen LogP contribution >= 0.6 is 0 Å². The fourth-order valence-electron chi connectivity index (χ4n) is 1.79. The summed E-state index contributed by atoms with van der Waals surface area (Å²) in [6.07, 6.45) is 3.74. The molecule has 0 fully saturated rings. The van der Waals surface area contributed by atoms with Crippen molar-refractivity contribution in [3.8, 4) is 0 Å². The molecular formula is C11H22N4O. The Morgan fingerprint density at radius 3 is 2.94 bits per heavy atom. The minimum absolute atomic E-state index is 0.206. The largest absolute Gasteiger partial charge is 0.383 e. The highest BCUT2D eigenvalue weighted by atomic mass is 16.5. The minimum atomic E-state index is 0.206. The number of likely N-dealkylation sites (N-methyl/N-ethyl adjacent to an activating group) is 1. The molecule has 0 saturated carbocycles. The van der Waals surface area contributed by atoms with Gasteiger partial charge >= 0.3 is 0 Å². The molecule has 5 nitrogen and oxygen atoms in total. The van der Waals surface area contributed by atoms with E-state index < -0.39 is 0 Å². The summed E-state index contributed by atoms with van der Waals surface area (Å²) < 4.78 is 7.20. The first-order valence-electron chi connectivity index (χ1n) is 5.63. The van der Waals surface area contributed by atoms with Gasteiger partial charge in [0.05, 0.1) is 24.7 Å². The summed E-state index contributed by atoms with van der Waals surface area (Å²) in [4.78, 5) is 6.38. The van der Waals surface area contributed by atoms with Crippen LogP contribution in [0.2, 0.25) is 0 Å². The second kappa shape index (κ2) is 6.62. The lowest BCUT2D eigenvalue weighted by Gasteiger charge is -2.27. The van der Waals surface area contributed by atoms with Gasteiger partial charge in [0.2, 0.25) is 0 Å². The average Bonchev–Trinajstić information content (AvgIpc) is 2.75. The van der Waals surface area contributed by atoms with Gasteiger partial charge in [0.25, 0.3) is 0 Å². The predicted octanol–water partition coefficient (Wildman–Crippen LogP) is 0.481. The smallest absolute Gasteiger partial charge is 0.0948 e. The molecule has 0 aliphatic carbocycles. The van der Waals surface area contributed by atoms with E-state index >= 15 is 0 Å². The first-order valence-corrected chi connectivity index (χ1v) is 5.63. The number of hydrogen-bond donors (Lipinski definition) is 1. The first-order chi connectivity index (χ1) is 7.74. The van der Waals surface area contributed by atoms with Gasteiger partial charge in [0, 0.05) is 32.9 Å². The zero-order valence-electron chi connectivity index (χ0n) is 10.4. The van der Waals surface area contributed by atoms with Crippen molar-refractivity contribution in [1.82, 2.24) is 14.5 Å². The summed E-state index contributed by atoms with van der Waals surface area (Å²) in [6, 6.07) is 0.206. The van der Waals surface area contributed by atoms with Crippen LogP contribution in [0.4, 0.5) is 0 Å². The van der Waals surface area contributed by atoms with E-state index in [9.17, 15) is 0 Å². The molecule has 0 saturated heterocycles. The van der Waals surface area contributed by atoms with Crippen molar-refractivity contribution in [3.63, 3.8) is 0 Å². The molecule has 1 aromatic heterocycles. The second-order valence-corrected chi connectivity index (χ2v) is 3.83. The zero-order chi connectivity index (χ0) is 12.0. The van der Waals surface area contributed by atoms with Crippen LogP contribution in [0, 0.1) is 0 Å². The molecule has 1 rings (SSSR count). The quantitative estimate of drug-likeness (QED) is 0.735. The van der Waals surface area contributed by atoms with Crippen LogP contribution < -0.4 is 5.73 Å². The highest BCUT2D eigenvalue weighted by molar-refractivity contribution is 5.06. The number of aryl methyl sites for hydroxylation is 1.